The quantitative estimate of drug-likeness (QED) is 0.159. The van der Waals surface area contributed by atoms with Crippen LogP contribution in [0.3, 0.4) is 0 Å². The lowest BCUT2D eigenvalue weighted by Crippen LogP contribution is -2.14. The molecule has 266 valence electrons. The molecule has 11 rings (SSSR count). The fourth-order valence-electron chi connectivity index (χ4n) is 10.2. The van der Waals surface area contributed by atoms with Crippen molar-refractivity contribution in [3.8, 4) is 66.8 Å². The maximum absolute atomic E-state index is 2.46. The van der Waals surface area contributed by atoms with Crippen LogP contribution >= 0.6 is 0 Å². The van der Waals surface area contributed by atoms with Gasteiger partial charge in [-0.05, 0) is 129 Å². The average molecular weight is 715 g/mol. The summed E-state index contributed by atoms with van der Waals surface area (Å²) in [5, 5.41) is 5.09. The first kappa shape index (κ1) is 32.9. The predicted molar refractivity (Wildman–Crippen MR) is 238 cm³/mol. The lowest BCUT2D eigenvalue weighted by atomic mass is 9.81. The Morgan fingerprint density at radius 2 is 0.696 bits per heavy atom. The second kappa shape index (κ2) is 12.0. The number of rotatable bonds is 4. The second-order valence-corrected chi connectivity index (χ2v) is 16.9. The number of hydrogen-bond acceptors (Lipinski definition) is 0. The molecule has 0 heterocycles. The third-order valence-corrected chi connectivity index (χ3v) is 13.1. The van der Waals surface area contributed by atoms with Crippen LogP contribution in [0, 0.1) is 0 Å². The molecule has 0 spiro atoms. The molecule has 0 bridgehead atoms. The number of benzene rings is 9. The van der Waals surface area contributed by atoms with E-state index in [1.807, 2.05) is 0 Å². The fourth-order valence-corrected chi connectivity index (χ4v) is 10.2. The standard InChI is InChI=1S/C56H42/c1-55(2)50-21-13-11-17-42(50)47-33-40(28-31-51(47)55)54-45-19-9-8-18-44(45)53(46-30-27-38(32-48(46)54)35-14-6-5-7-15-35)37-24-22-36(23-25-37)39-26-29-43-41-16-10-12-20-49(41)56(3,4)52(43)34-39/h5-34H,1-4H3. The highest BCUT2D eigenvalue weighted by Crippen LogP contribution is 2.52. The first-order chi connectivity index (χ1) is 27.3. The summed E-state index contributed by atoms with van der Waals surface area (Å²) < 4.78 is 0. The van der Waals surface area contributed by atoms with Gasteiger partial charge in [0.15, 0.2) is 0 Å². The third-order valence-electron chi connectivity index (χ3n) is 13.1. The van der Waals surface area contributed by atoms with Crippen molar-refractivity contribution in [1.82, 2.24) is 0 Å². The average Bonchev–Trinajstić information content (AvgIpc) is 3.62. The van der Waals surface area contributed by atoms with Crippen molar-refractivity contribution in [2.75, 3.05) is 0 Å². The molecule has 9 aromatic rings. The third kappa shape index (κ3) is 4.72. The van der Waals surface area contributed by atoms with E-state index in [1.165, 1.54) is 111 Å². The van der Waals surface area contributed by atoms with E-state index in [0.29, 0.717) is 0 Å². The molecule has 0 radical (unpaired) electrons. The van der Waals surface area contributed by atoms with Crippen LogP contribution in [0.25, 0.3) is 88.3 Å². The SMILES string of the molecule is CC1(C)c2ccccc2-c2cc(-c3c4ccccc4c(-c4ccc(-c5ccc6c(c5)C(C)(C)c5ccccc5-6)cc4)c4ccc(-c5ccccc5)cc34)ccc21. The first-order valence-corrected chi connectivity index (χ1v) is 19.9. The zero-order valence-corrected chi connectivity index (χ0v) is 32.3. The molecule has 0 nitrogen and oxygen atoms in total. The Balaban J connectivity index is 1.10. The van der Waals surface area contributed by atoms with Gasteiger partial charge in [-0.3, -0.25) is 0 Å². The van der Waals surface area contributed by atoms with E-state index in [4.69, 9.17) is 0 Å². The Morgan fingerprint density at radius 1 is 0.250 bits per heavy atom. The van der Waals surface area contributed by atoms with Crippen LogP contribution in [0.15, 0.2) is 182 Å². The molecular formula is C56H42. The highest BCUT2D eigenvalue weighted by Gasteiger charge is 2.36. The van der Waals surface area contributed by atoms with Crippen LogP contribution in [0.5, 0.6) is 0 Å². The molecule has 0 fully saturated rings. The summed E-state index contributed by atoms with van der Waals surface area (Å²) in [6.07, 6.45) is 0. The van der Waals surface area contributed by atoms with Gasteiger partial charge < -0.3 is 0 Å². The highest BCUT2D eigenvalue weighted by atomic mass is 14.4. The van der Waals surface area contributed by atoms with Crippen LogP contribution in [0.4, 0.5) is 0 Å². The summed E-state index contributed by atoms with van der Waals surface area (Å²) in [4.78, 5) is 0. The molecule has 9 aromatic carbocycles. The van der Waals surface area contributed by atoms with Crippen molar-refractivity contribution in [1.29, 1.82) is 0 Å². The van der Waals surface area contributed by atoms with E-state index in [2.05, 4.69) is 210 Å². The summed E-state index contributed by atoms with van der Waals surface area (Å²) in [6.45, 7) is 9.43. The number of hydrogen-bond donors (Lipinski definition) is 0. The Bertz CT molecular complexity index is 3050. The summed E-state index contributed by atoms with van der Waals surface area (Å²) in [5.74, 6) is 0. The summed E-state index contributed by atoms with van der Waals surface area (Å²) >= 11 is 0. The Hall–Kier alpha value is -6.50. The number of fused-ring (bicyclic) bond motifs is 8. The van der Waals surface area contributed by atoms with E-state index < -0.39 is 0 Å². The maximum Gasteiger partial charge on any atom is 0.0159 e. The van der Waals surface area contributed by atoms with Crippen LogP contribution in [-0.2, 0) is 10.8 Å². The minimum Gasteiger partial charge on any atom is -0.0622 e. The molecule has 0 saturated carbocycles. The minimum atomic E-state index is -0.0356. The molecule has 0 amide bonds. The highest BCUT2D eigenvalue weighted by molar-refractivity contribution is 6.22. The van der Waals surface area contributed by atoms with Gasteiger partial charge in [-0.2, -0.15) is 0 Å². The van der Waals surface area contributed by atoms with E-state index in [1.54, 1.807) is 0 Å². The van der Waals surface area contributed by atoms with Gasteiger partial charge in [-0.25, -0.2) is 0 Å². The maximum atomic E-state index is 2.46. The molecule has 0 saturated heterocycles. The minimum absolute atomic E-state index is 0.0293. The smallest absolute Gasteiger partial charge is 0.0159 e. The molecule has 2 aliphatic carbocycles. The van der Waals surface area contributed by atoms with E-state index in [9.17, 15) is 0 Å². The molecule has 0 aliphatic heterocycles. The second-order valence-electron chi connectivity index (χ2n) is 16.9. The Morgan fingerprint density at radius 3 is 1.41 bits per heavy atom. The molecule has 0 aromatic heterocycles. The zero-order chi connectivity index (χ0) is 37.8. The van der Waals surface area contributed by atoms with Gasteiger partial charge in [-0.15, -0.1) is 0 Å². The van der Waals surface area contributed by atoms with Crippen LogP contribution in [0.2, 0.25) is 0 Å². The van der Waals surface area contributed by atoms with Crippen LogP contribution < -0.4 is 0 Å². The van der Waals surface area contributed by atoms with Crippen molar-refractivity contribution in [3.05, 3.63) is 204 Å². The van der Waals surface area contributed by atoms with Gasteiger partial charge in [0.2, 0.25) is 0 Å². The largest absolute Gasteiger partial charge is 0.0622 e. The Kier molecular flexibility index (Phi) is 7.05. The molecule has 0 N–H and O–H groups in total. The van der Waals surface area contributed by atoms with Gasteiger partial charge in [0.1, 0.15) is 0 Å². The fraction of sp³-hybridized carbons (Fsp3) is 0.107. The van der Waals surface area contributed by atoms with Gasteiger partial charge in [0.25, 0.3) is 0 Å². The van der Waals surface area contributed by atoms with Crippen molar-refractivity contribution in [2.45, 2.75) is 38.5 Å². The van der Waals surface area contributed by atoms with Crippen LogP contribution in [0.1, 0.15) is 49.9 Å². The summed E-state index contributed by atoms with van der Waals surface area (Å²) in [5.41, 5.74) is 21.0. The van der Waals surface area contributed by atoms with E-state index in [0.717, 1.165) is 0 Å². The summed E-state index contributed by atoms with van der Waals surface area (Å²) in [7, 11) is 0. The normalized spacial score (nSPS) is 14.4. The van der Waals surface area contributed by atoms with Crippen molar-refractivity contribution >= 4 is 21.5 Å². The topological polar surface area (TPSA) is 0 Å². The van der Waals surface area contributed by atoms with Crippen molar-refractivity contribution in [3.63, 3.8) is 0 Å². The van der Waals surface area contributed by atoms with E-state index >= 15 is 0 Å². The zero-order valence-electron chi connectivity index (χ0n) is 32.3. The van der Waals surface area contributed by atoms with Gasteiger partial charge in [0.05, 0.1) is 0 Å². The summed E-state index contributed by atoms with van der Waals surface area (Å²) in [6, 6.07) is 68.3. The van der Waals surface area contributed by atoms with E-state index in [-0.39, 0.29) is 10.8 Å². The molecule has 0 unspecified atom stereocenters. The molecule has 56 heavy (non-hydrogen) atoms. The van der Waals surface area contributed by atoms with Crippen molar-refractivity contribution < 1.29 is 0 Å². The van der Waals surface area contributed by atoms with Gasteiger partial charge in [-0.1, -0.05) is 191 Å². The molecule has 2 aliphatic rings. The monoisotopic (exact) mass is 714 g/mol. The predicted octanol–water partition coefficient (Wildman–Crippen LogP) is 15.3. The molecule has 0 atom stereocenters. The lowest BCUT2D eigenvalue weighted by molar-refractivity contribution is 0.660. The van der Waals surface area contributed by atoms with Gasteiger partial charge >= 0.3 is 0 Å². The van der Waals surface area contributed by atoms with Gasteiger partial charge in [0, 0.05) is 10.8 Å². The lowest BCUT2D eigenvalue weighted by Gasteiger charge is -2.22. The molecule has 0 heteroatoms. The first-order valence-electron chi connectivity index (χ1n) is 19.9. The van der Waals surface area contributed by atoms with Crippen molar-refractivity contribution in [2.24, 2.45) is 0 Å². The molecular weight excluding hydrogens is 673 g/mol. The Labute approximate surface area is 329 Å². The van der Waals surface area contributed by atoms with Crippen LogP contribution in [-0.4, -0.2) is 0 Å².